The van der Waals surface area contributed by atoms with E-state index in [4.69, 9.17) is 5.73 Å². The molecule has 1 aromatic carbocycles. The number of fused-ring (bicyclic) bond motifs is 1. The van der Waals surface area contributed by atoms with Gasteiger partial charge in [-0.2, -0.15) is 0 Å². The number of aromatic nitrogens is 2. The van der Waals surface area contributed by atoms with Crippen LogP contribution in [0.4, 0.5) is 5.00 Å². The maximum absolute atomic E-state index is 11.7. The number of imidazole rings is 1. The van der Waals surface area contributed by atoms with Crippen molar-refractivity contribution in [3.8, 4) is 10.7 Å². The summed E-state index contributed by atoms with van der Waals surface area (Å²) in [7, 11) is 0. The van der Waals surface area contributed by atoms with Crippen LogP contribution in [0.1, 0.15) is 23.7 Å². The number of nitrogens with zero attached hydrogens (tertiary/aromatic N) is 1. The van der Waals surface area contributed by atoms with E-state index in [0.717, 1.165) is 32.3 Å². The molecule has 0 aliphatic rings. The minimum Gasteiger partial charge on any atom is -0.391 e. The summed E-state index contributed by atoms with van der Waals surface area (Å²) < 4.78 is 0. The van der Waals surface area contributed by atoms with Crippen LogP contribution in [0.5, 0.6) is 0 Å². The SMILES string of the molecule is CCC(=O)c1ccc2nc(-c3ccc(N)s3)[nH]c2c1. The van der Waals surface area contributed by atoms with Gasteiger partial charge in [0.15, 0.2) is 5.78 Å². The summed E-state index contributed by atoms with van der Waals surface area (Å²) >= 11 is 1.49. The normalized spacial score (nSPS) is 11.0. The summed E-state index contributed by atoms with van der Waals surface area (Å²) in [6.07, 6.45) is 0.508. The summed E-state index contributed by atoms with van der Waals surface area (Å²) in [6, 6.07) is 9.35. The monoisotopic (exact) mass is 271 g/mol. The van der Waals surface area contributed by atoms with Crippen LogP contribution in [0, 0.1) is 0 Å². The van der Waals surface area contributed by atoms with Gasteiger partial charge in [0.2, 0.25) is 0 Å². The highest BCUT2D eigenvalue weighted by Gasteiger charge is 2.10. The second kappa shape index (κ2) is 4.51. The number of aromatic amines is 1. The molecule has 0 saturated carbocycles. The minimum absolute atomic E-state index is 0.137. The van der Waals surface area contributed by atoms with E-state index in [2.05, 4.69) is 9.97 Å². The smallest absolute Gasteiger partial charge is 0.162 e. The van der Waals surface area contributed by atoms with Crippen molar-refractivity contribution in [1.82, 2.24) is 9.97 Å². The fourth-order valence-corrected chi connectivity index (χ4v) is 2.70. The van der Waals surface area contributed by atoms with Gasteiger partial charge >= 0.3 is 0 Å². The Balaban J connectivity index is 2.08. The first-order chi connectivity index (χ1) is 9.17. The third kappa shape index (κ3) is 2.13. The Bertz CT molecular complexity index is 757. The third-order valence-corrected chi connectivity index (χ3v) is 3.91. The molecule has 0 aliphatic carbocycles. The molecule has 0 amide bonds. The fraction of sp³-hybridized carbons (Fsp3) is 0.143. The van der Waals surface area contributed by atoms with Gasteiger partial charge in [0.1, 0.15) is 5.82 Å². The van der Waals surface area contributed by atoms with Crippen molar-refractivity contribution in [2.45, 2.75) is 13.3 Å². The van der Waals surface area contributed by atoms with Crippen molar-refractivity contribution < 1.29 is 4.79 Å². The molecule has 0 aliphatic heterocycles. The molecule has 19 heavy (non-hydrogen) atoms. The van der Waals surface area contributed by atoms with Crippen molar-refractivity contribution in [3.05, 3.63) is 35.9 Å². The van der Waals surface area contributed by atoms with E-state index in [1.807, 2.05) is 37.3 Å². The van der Waals surface area contributed by atoms with Crippen molar-refractivity contribution >= 4 is 33.2 Å². The Hall–Kier alpha value is -2.14. The lowest BCUT2D eigenvalue weighted by Gasteiger charge is -1.96. The molecule has 0 spiro atoms. The summed E-state index contributed by atoms with van der Waals surface area (Å²) in [5, 5.41) is 0.761. The molecule has 96 valence electrons. The van der Waals surface area contributed by atoms with E-state index >= 15 is 0 Å². The quantitative estimate of drug-likeness (QED) is 0.716. The van der Waals surface area contributed by atoms with Gasteiger partial charge in [0.05, 0.1) is 20.9 Å². The molecule has 5 heteroatoms. The fourth-order valence-electron chi connectivity index (χ4n) is 1.98. The zero-order valence-electron chi connectivity index (χ0n) is 10.4. The minimum atomic E-state index is 0.137. The zero-order chi connectivity index (χ0) is 13.4. The molecule has 3 N–H and O–H groups in total. The van der Waals surface area contributed by atoms with E-state index in [1.165, 1.54) is 11.3 Å². The number of ketones is 1. The second-order valence-corrected chi connectivity index (χ2v) is 5.41. The molecular formula is C14H13N3OS. The van der Waals surface area contributed by atoms with Crippen molar-refractivity contribution in [1.29, 1.82) is 0 Å². The Morgan fingerprint density at radius 1 is 1.37 bits per heavy atom. The predicted octanol–water partition coefficient (Wildman–Crippen LogP) is 3.47. The summed E-state index contributed by atoms with van der Waals surface area (Å²) in [5.41, 5.74) is 8.17. The molecule has 0 unspecified atom stereocenters. The number of nitrogens with two attached hydrogens (primary N) is 1. The number of Topliss-reactive ketones (excluding diaryl/α,β-unsaturated/α-hetero) is 1. The Morgan fingerprint density at radius 3 is 2.89 bits per heavy atom. The van der Waals surface area contributed by atoms with Crippen LogP contribution in [-0.2, 0) is 0 Å². The van der Waals surface area contributed by atoms with Gasteiger partial charge in [-0.25, -0.2) is 4.98 Å². The van der Waals surface area contributed by atoms with Crippen molar-refractivity contribution in [2.24, 2.45) is 0 Å². The highest BCUT2D eigenvalue weighted by atomic mass is 32.1. The number of rotatable bonds is 3. The summed E-state index contributed by atoms with van der Waals surface area (Å²) in [4.78, 5) is 20.4. The molecule has 3 rings (SSSR count). The molecule has 0 fully saturated rings. The number of carbonyl (C=O) groups excluding carboxylic acids is 1. The average molecular weight is 271 g/mol. The molecule has 0 bridgehead atoms. The van der Waals surface area contributed by atoms with Crippen LogP contribution >= 0.6 is 11.3 Å². The van der Waals surface area contributed by atoms with Crippen LogP contribution in [0.15, 0.2) is 30.3 Å². The van der Waals surface area contributed by atoms with Gasteiger partial charge < -0.3 is 10.7 Å². The number of anilines is 1. The number of H-pyrrole nitrogens is 1. The standard InChI is InChI=1S/C14H13N3OS/c1-2-11(18)8-3-4-9-10(7-8)17-14(16-9)12-5-6-13(15)19-12/h3-7H,2,15H2,1H3,(H,16,17). The second-order valence-electron chi connectivity index (χ2n) is 4.30. The van der Waals surface area contributed by atoms with Gasteiger partial charge in [-0.15, -0.1) is 11.3 Å². The third-order valence-electron chi connectivity index (χ3n) is 2.99. The highest BCUT2D eigenvalue weighted by Crippen LogP contribution is 2.29. The van der Waals surface area contributed by atoms with E-state index in [-0.39, 0.29) is 5.78 Å². The molecule has 0 radical (unpaired) electrons. The topological polar surface area (TPSA) is 71.8 Å². The van der Waals surface area contributed by atoms with E-state index in [1.54, 1.807) is 0 Å². The molecule has 2 heterocycles. The van der Waals surface area contributed by atoms with Crippen LogP contribution in [0.3, 0.4) is 0 Å². The molecule has 2 aromatic heterocycles. The Kier molecular flexibility index (Phi) is 2.83. The number of benzene rings is 1. The number of carbonyl (C=O) groups is 1. The average Bonchev–Trinajstić information content (AvgIpc) is 3.02. The first kappa shape index (κ1) is 11.9. The number of hydrogen-bond acceptors (Lipinski definition) is 4. The number of hydrogen-bond donors (Lipinski definition) is 2. The van der Waals surface area contributed by atoms with Crippen LogP contribution in [0.25, 0.3) is 21.7 Å². The molecular weight excluding hydrogens is 258 g/mol. The number of thiophene rings is 1. The van der Waals surface area contributed by atoms with E-state index in [9.17, 15) is 4.79 Å². The van der Waals surface area contributed by atoms with Crippen molar-refractivity contribution in [3.63, 3.8) is 0 Å². The lowest BCUT2D eigenvalue weighted by Crippen LogP contribution is -1.95. The largest absolute Gasteiger partial charge is 0.391 e. The first-order valence-corrected chi connectivity index (χ1v) is 6.87. The molecule has 0 saturated heterocycles. The van der Waals surface area contributed by atoms with E-state index in [0.29, 0.717) is 6.42 Å². The predicted molar refractivity (Wildman–Crippen MR) is 78.4 cm³/mol. The lowest BCUT2D eigenvalue weighted by molar-refractivity contribution is 0.0988. The van der Waals surface area contributed by atoms with Crippen LogP contribution < -0.4 is 5.73 Å². The maximum Gasteiger partial charge on any atom is 0.162 e. The van der Waals surface area contributed by atoms with E-state index < -0.39 is 0 Å². The molecule has 3 aromatic rings. The summed E-state index contributed by atoms with van der Waals surface area (Å²) in [5.74, 6) is 0.927. The number of nitrogen functional groups attached to an aromatic ring is 1. The van der Waals surface area contributed by atoms with Gasteiger partial charge in [0, 0.05) is 12.0 Å². The van der Waals surface area contributed by atoms with Gasteiger partial charge in [-0.3, -0.25) is 4.79 Å². The van der Waals surface area contributed by atoms with Crippen LogP contribution in [0.2, 0.25) is 0 Å². The Morgan fingerprint density at radius 2 is 2.21 bits per heavy atom. The molecule has 0 atom stereocenters. The van der Waals surface area contributed by atoms with Crippen molar-refractivity contribution in [2.75, 3.05) is 5.73 Å². The number of nitrogens with one attached hydrogen (secondary N) is 1. The van der Waals surface area contributed by atoms with Crippen LogP contribution in [-0.4, -0.2) is 15.8 Å². The summed E-state index contributed by atoms with van der Waals surface area (Å²) in [6.45, 7) is 1.86. The molecule has 4 nitrogen and oxygen atoms in total. The lowest BCUT2D eigenvalue weighted by atomic mass is 10.1. The first-order valence-electron chi connectivity index (χ1n) is 6.06. The zero-order valence-corrected chi connectivity index (χ0v) is 11.3. The van der Waals surface area contributed by atoms with Gasteiger partial charge in [-0.1, -0.05) is 6.92 Å². The maximum atomic E-state index is 11.7. The van der Waals surface area contributed by atoms with Gasteiger partial charge in [0.25, 0.3) is 0 Å². The van der Waals surface area contributed by atoms with Gasteiger partial charge in [-0.05, 0) is 30.3 Å². The Labute approximate surface area is 114 Å². The highest BCUT2D eigenvalue weighted by molar-refractivity contribution is 7.19.